The van der Waals surface area contributed by atoms with E-state index in [9.17, 15) is 32.7 Å². The van der Waals surface area contributed by atoms with Crippen molar-refractivity contribution >= 4 is 52.6 Å². The number of carbonyl (C=O) groups excluding carboxylic acids is 4. The number of rotatable bonds is 5. The van der Waals surface area contributed by atoms with E-state index in [2.05, 4.69) is 10.4 Å². The molecule has 290 valence electrons. The van der Waals surface area contributed by atoms with Gasteiger partial charge in [0.25, 0.3) is 11.8 Å². The number of alkyl halides is 3. The van der Waals surface area contributed by atoms with Crippen molar-refractivity contribution in [3.05, 3.63) is 105 Å². The molecule has 0 radical (unpaired) electrons. The van der Waals surface area contributed by atoms with Gasteiger partial charge in [-0.2, -0.15) is 18.2 Å². The Balaban J connectivity index is 1.20. The zero-order valence-corrected chi connectivity index (χ0v) is 31.2. The Labute approximate surface area is 329 Å². The Bertz CT molecular complexity index is 2260. The highest BCUT2D eigenvalue weighted by Gasteiger charge is 2.71. The van der Waals surface area contributed by atoms with E-state index in [4.69, 9.17) is 27.9 Å². The summed E-state index contributed by atoms with van der Waals surface area (Å²) in [7, 11) is 0. The third-order valence-electron chi connectivity index (χ3n) is 12.7. The van der Waals surface area contributed by atoms with Crippen molar-refractivity contribution in [2.75, 3.05) is 5.43 Å². The molecule has 3 aromatic rings. The maximum Gasteiger partial charge on any atom is 0.417 e. The lowest BCUT2D eigenvalue weighted by molar-refractivity contribution is -0.144. The van der Waals surface area contributed by atoms with Gasteiger partial charge < -0.3 is 9.84 Å². The lowest BCUT2D eigenvalue weighted by atomic mass is 9.48. The predicted octanol–water partition coefficient (Wildman–Crippen LogP) is 7.78. The van der Waals surface area contributed by atoms with Crippen LogP contribution in [-0.4, -0.2) is 49.7 Å². The molecule has 6 atom stereocenters. The Morgan fingerprint density at radius 2 is 1.68 bits per heavy atom. The summed E-state index contributed by atoms with van der Waals surface area (Å²) in [5.41, 5.74) is 2.22. The lowest BCUT2D eigenvalue weighted by Crippen LogP contribution is -2.55. The summed E-state index contributed by atoms with van der Waals surface area (Å²) in [5, 5.41) is 11.1. The molecule has 4 heterocycles. The maximum absolute atomic E-state index is 15.4. The first-order chi connectivity index (χ1) is 26.8. The van der Waals surface area contributed by atoms with Crippen molar-refractivity contribution < 1.29 is 42.2 Å². The Morgan fingerprint density at radius 3 is 2.39 bits per heavy atom. The molecule has 0 bridgehead atoms. The van der Waals surface area contributed by atoms with Gasteiger partial charge in [-0.25, -0.2) is 4.98 Å². The first-order valence-corrected chi connectivity index (χ1v) is 19.4. The summed E-state index contributed by atoms with van der Waals surface area (Å²) < 4.78 is 46.7. The maximum atomic E-state index is 15.4. The van der Waals surface area contributed by atoms with Crippen molar-refractivity contribution in [3.8, 4) is 11.5 Å². The van der Waals surface area contributed by atoms with Gasteiger partial charge in [0.1, 0.15) is 11.5 Å². The number of halogens is 5. The van der Waals surface area contributed by atoms with Crippen LogP contribution >= 0.6 is 23.2 Å². The summed E-state index contributed by atoms with van der Waals surface area (Å²) in [4.78, 5) is 64.3. The molecule has 2 N–H and O–H groups in total. The molecule has 0 unspecified atom stereocenters. The first-order valence-electron chi connectivity index (χ1n) is 18.7. The molecule has 2 aromatic carbocycles. The van der Waals surface area contributed by atoms with Gasteiger partial charge >= 0.3 is 6.18 Å². The lowest BCUT2D eigenvalue weighted by Gasteiger charge is -2.51. The van der Waals surface area contributed by atoms with Crippen LogP contribution in [-0.2, 0) is 37.2 Å². The number of hydrogen-bond acceptors (Lipinski definition) is 8. The van der Waals surface area contributed by atoms with Gasteiger partial charge in [0.2, 0.25) is 11.8 Å². The van der Waals surface area contributed by atoms with Gasteiger partial charge in [0.15, 0.2) is 5.82 Å². The van der Waals surface area contributed by atoms with Crippen LogP contribution < -0.4 is 10.2 Å². The highest BCUT2D eigenvalue weighted by Crippen LogP contribution is 2.63. The number of imide groups is 2. The van der Waals surface area contributed by atoms with E-state index < -0.39 is 63.6 Å². The number of ether oxygens (including phenoxy) is 1. The zero-order chi connectivity index (χ0) is 39.3. The molecule has 2 saturated carbocycles. The van der Waals surface area contributed by atoms with Gasteiger partial charge in [0.05, 0.1) is 40.0 Å². The molecule has 3 aliphatic carbocycles. The van der Waals surface area contributed by atoms with Gasteiger partial charge in [-0.1, -0.05) is 66.2 Å². The van der Waals surface area contributed by atoms with Crippen molar-refractivity contribution in [2.45, 2.75) is 69.0 Å². The standard InChI is InChI=1S/C41H35Cl2F3N4O6/c42-24-8-6-22(7-9-24)40-30(37(53)50(39(40)55)48-35-31(43)16-23(18-47-35)41(44,45)46)17-29-27(34(40)21-14-20-15-26(51)10-13-32(20)56-19-21)11-12-28-33(29)38(54)49(36(28)52)25-4-2-1-3-5-25/h6-11,13,15-16,18-19,25,28-30,33-34,51H,1-5,12,14,17H2,(H,47,48)/t28-,29+,30-,33-,34-,40+/m0/s1. The number of anilines is 1. The van der Waals surface area contributed by atoms with Gasteiger partial charge in [0, 0.05) is 35.2 Å². The van der Waals surface area contributed by atoms with Crippen molar-refractivity contribution in [1.29, 1.82) is 0 Å². The van der Waals surface area contributed by atoms with Crippen LogP contribution in [0.15, 0.2) is 78.2 Å². The summed E-state index contributed by atoms with van der Waals surface area (Å²) in [6, 6.07) is 11.7. The number of phenolic OH excluding ortho intramolecular Hbond substituents is 1. The topological polar surface area (TPSA) is 129 Å². The molecule has 1 aromatic heterocycles. The van der Waals surface area contributed by atoms with Crippen LogP contribution in [0.1, 0.15) is 61.6 Å². The average molecular weight is 808 g/mol. The second kappa shape index (κ2) is 13.4. The summed E-state index contributed by atoms with van der Waals surface area (Å²) in [5.74, 6) is -5.82. The summed E-state index contributed by atoms with van der Waals surface area (Å²) >= 11 is 12.7. The third-order valence-corrected chi connectivity index (χ3v) is 13.2. The summed E-state index contributed by atoms with van der Waals surface area (Å²) in [6.45, 7) is 0. The number of amides is 4. The molecule has 15 heteroatoms. The Morgan fingerprint density at radius 1 is 0.929 bits per heavy atom. The van der Waals surface area contributed by atoms with Crippen LogP contribution in [0, 0.1) is 29.6 Å². The van der Waals surface area contributed by atoms with E-state index in [1.54, 1.807) is 42.7 Å². The molecule has 9 rings (SSSR count). The summed E-state index contributed by atoms with van der Waals surface area (Å²) in [6.07, 6.45) is 4.12. The van der Waals surface area contributed by atoms with Crippen molar-refractivity contribution in [1.82, 2.24) is 14.9 Å². The van der Waals surface area contributed by atoms with Crippen LogP contribution in [0.4, 0.5) is 19.0 Å². The molecule has 10 nitrogen and oxygen atoms in total. The normalized spacial score (nSPS) is 28.9. The number of likely N-dealkylation sites (tertiary alicyclic amines) is 1. The number of hydrogen-bond donors (Lipinski definition) is 2. The fourth-order valence-electron chi connectivity index (χ4n) is 10.3. The molecule has 6 aliphatic rings. The van der Waals surface area contributed by atoms with Crippen LogP contribution in [0.2, 0.25) is 10.0 Å². The van der Waals surface area contributed by atoms with E-state index >= 15 is 4.79 Å². The van der Waals surface area contributed by atoms with Crippen LogP contribution in [0.25, 0.3) is 0 Å². The monoisotopic (exact) mass is 806 g/mol. The van der Waals surface area contributed by atoms with Crippen LogP contribution in [0.3, 0.4) is 0 Å². The number of allylic oxidation sites excluding steroid dienone is 3. The van der Waals surface area contributed by atoms with Gasteiger partial charge in [-0.05, 0) is 79.1 Å². The molecular weight excluding hydrogens is 772 g/mol. The molecular formula is C41H35Cl2F3N4O6. The average Bonchev–Trinajstić information content (AvgIpc) is 3.56. The van der Waals surface area contributed by atoms with Crippen molar-refractivity contribution in [3.63, 3.8) is 0 Å². The zero-order valence-electron chi connectivity index (χ0n) is 29.7. The molecule has 56 heavy (non-hydrogen) atoms. The third kappa shape index (κ3) is 5.55. The number of fused-ring (bicyclic) bond motifs is 5. The largest absolute Gasteiger partial charge is 0.508 e. The fraction of sp³-hybridized carbons (Fsp3) is 0.390. The molecule has 0 spiro atoms. The van der Waals surface area contributed by atoms with E-state index in [0.717, 1.165) is 42.7 Å². The minimum atomic E-state index is -4.74. The quantitative estimate of drug-likeness (QED) is 0.198. The SMILES string of the molecule is O=C1[C@@H]2C[C@@H]3C(=CC[C@@H]4C(=O)N(C5CCCCC5)C(=O)[C@@H]43)[C@H](C3=COc4ccc(O)cc4C3)[C@]2(c2ccc(Cl)cc2)C(=O)N1Nc1ncc(C(F)(F)F)cc1Cl. The Hall–Kier alpha value is -4.88. The number of hydrazine groups is 1. The number of aromatic nitrogens is 1. The number of nitrogens with zero attached hydrogens (tertiary/aromatic N) is 3. The molecule has 3 aliphatic heterocycles. The number of benzene rings is 2. The Kier molecular flexibility index (Phi) is 8.77. The smallest absolute Gasteiger partial charge is 0.417 e. The highest BCUT2D eigenvalue weighted by molar-refractivity contribution is 6.33. The second-order valence-electron chi connectivity index (χ2n) is 15.5. The van der Waals surface area contributed by atoms with Crippen molar-refractivity contribution in [2.24, 2.45) is 29.6 Å². The van der Waals surface area contributed by atoms with E-state index in [1.165, 1.54) is 11.0 Å². The number of carbonyl (C=O) groups is 4. The first kappa shape index (κ1) is 36.7. The fourth-order valence-corrected chi connectivity index (χ4v) is 10.7. The predicted molar refractivity (Wildman–Crippen MR) is 197 cm³/mol. The number of aromatic hydroxyl groups is 1. The minimum Gasteiger partial charge on any atom is -0.508 e. The minimum absolute atomic E-state index is 0.00132. The van der Waals surface area contributed by atoms with Gasteiger partial charge in [-0.15, -0.1) is 0 Å². The van der Waals surface area contributed by atoms with Gasteiger partial charge in [-0.3, -0.25) is 29.5 Å². The molecule has 2 saturated heterocycles. The van der Waals surface area contributed by atoms with E-state index in [0.29, 0.717) is 39.7 Å². The molecule has 4 amide bonds. The number of pyridine rings is 1. The van der Waals surface area contributed by atoms with E-state index in [1.807, 2.05) is 6.08 Å². The highest BCUT2D eigenvalue weighted by atomic mass is 35.5. The van der Waals surface area contributed by atoms with E-state index in [-0.39, 0.29) is 48.7 Å². The number of nitrogens with one attached hydrogen (secondary N) is 1. The van der Waals surface area contributed by atoms with Crippen LogP contribution in [0.5, 0.6) is 11.5 Å². The number of phenols is 1. The second-order valence-corrected chi connectivity index (χ2v) is 16.4. The molecule has 4 fully saturated rings.